The van der Waals surface area contributed by atoms with Gasteiger partial charge in [0.2, 0.25) is 5.91 Å². The highest BCUT2D eigenvalue weighted by atomic mass is 16.4. The van der Waals surface area contributed by atoms with E-state index in [1.165, 1.54) is 0 Å². The normalized spacial score (nSPS) is 10.5. The van der Waals surface area contributed by atoms with E-state index >= 15 is 0 Å². The van der Waals surface area contributed by atoms with Gasteiger partial charge in [-0.3, -0.25) is 4.79 Å². The van der Waals surface area contributed by atoms with Gasteiger partial charge in [0.25, 0.3) is 0 Å². The Bertz CT molecular complexity index is 1010. The van der Waals surface area contributed by atoms with Crippen LogP contribution in [0.25, 0.3) is 22.3 Å². The van der Waals surface area contributed by atoms with Crippen molar-refractivity contribution in [2.45, 2.75) is 12.8 Å². The Hall–Kier alpha value is -3.60. The van der Waals surface area contributed by atoms with Gasteiger partial charge in [-0.05, 0) is 58.5 Å². The predicted molar refractivity (Wildman–Crippen MR) is 103 cm³/mol. The van der Waals surface area contributed by atoms with E-state index in [0.29, 0.717) is 6.42 Å². The number of nitrogens with two attached hydrogens (primary N) is 1. The summed E-state index contributed by atoms with van der Waals surface area (Å²) in [6, 6.07) is 19.3. The van der Waals surface area contributed by atoms with Crippen molar-refractivity contribution < 1.29 is 19.8 Å². The van der Waals surface area contributed by atoms with Crippen molar-refractivity contribution in [1.29, 1.82) is 0 Å². The molecule has 5 heteroatoms. The Labute approximate surface area is 156 Å². The van der Waals surface area contributed by atoms with Crippen molar-refractivity contribution in [1.82, 2.24) is 0 Å². The van der Waals surface area contributed by atoms with Gasteiger partial charge in [0.05, 0.1) is 5.56 Å². The molecule has 27 heavy (non-hydrogen) atoms. The highest BCUT2D eigenvalue weighted by Gasteiger charge is 2.11. The number of carbonyl (C=O) groups excluding carboxylic acids is 1. The zero-order valence-electron chi connectivity index (χ0n) is 14.6. The molecule has 0 spiro atoms. The molecule has 0 saturated heterocycles. The molecule has 136 valence electrons. The van der Waals surface area contributed by atoms with Gasteiger partial charge in [0.15, 0.2) is 0 Å². The fraction of sp³-hybridized carbons (Fsp3) is 0.0909. The van der Waals surface area contributed by atoms with E-state index in [1.54, 1.807) is 36.4 Å². The number of aromatic carboxylic acids is 1. The van der Waals surface area contributed by atoms with Crippen LogP contribution in [-0.4, -0.2) is 22.1 Å². The first-order valence-electron chi connectivity index (χ1n) is 8.48. The van der Waals surface area contributed by atoms with Crippen molar-refractivity contribution in [3.05, 3.63) is 77.9 Å². The van der Waals surface area contributed by atoms with Gasteiger partial charge in [-0.25, -0.2) is 4.79 Å². The Morgan fingerprint density at radius 3 is 2.26 bits per heavy atom. The van der Waals surface area contributed by atoms with Crippen molar-refractivity contribution >= 4 is 11.9 Å². The van der Waals surface area contributed by atoms with E-state index in [2.05, 4.69) is 0 Å². The molecule has 0 radical (unpaired) electrons. The number of hydrogen-bond acceptors (Lipinski definition) is 3. The summed E-state index contributed by atoms with van der Waals surface area (Å²) in [5.74, 6) is -1.22. The molecular weight excluding hydrogens is 342 g/mol. The second kappa shape index (κ2) is 7.74. The lowest BCUT2D eigenvalue weighted by Gasteiger charge is -2.13. The molecule has 3 aromatic carbocycles. The molecule has 0 bridgehead atoms. The summed E-state index contributed by atoms with van der Waals surface area (Å²) in [6.07, 6.45) is 0.650. The van der Waals surface area contributed by atoms with E-state index in [9.17, 15) is 19.8 Å². The first-order valence-corrected chi connectivity index (χ1v) is 8.48. The summed E-state index contributed by atoms with van der Waals surface area (Å²) in [4.78, 5) is 22.5. The zero-order chi connectivity index (χ0) is 19.4. The van der Waals surface area contributed by atoms with Gasteiger partial charge >= 0.3 is 5.97 Å². The first kappa shape index (κ1) is 18.2. The molecule has 5 nitrogen and oxygen atoms in total. The minimum atomic E-state index is -0.984. The SMILES string of the molecule is NC(=O)CCc1cc(-c2cccc(C(=O)O)c2)ccc1-c1cccc(O)c1. The van der Waals surface area contributed by atoms with E-state index in [4.69, 9.17) is 5.73 Å². The number of carboxylic acid groups (broad SMARTS) is 1. The zero-order valence-corrected chi connectivity index (χ0v) is 14.6. The van der Waals surface area contributed by atoms with Crippen LogP contribution < -0.4 is 5.73 Å². The fourth-order valence-electron chi connectivity index (χ4n) is 3.02. The minimum Gasteiger partial charge on any atom is -0.508 e. The number of rotatable bonds is 6. The monoisotopic (exact) mass is 361 g/mol. The molecule has 0 heterocycles. The second-order valence-corrected chi connectivity index (χ2v) is 6.27. The minimum absolute atomic E-state index is 0.159. The third-order valence-electron chi connectivity index (χ3n) is 4.35. The average Bonchev–Trinajstić information content (AvgIpc) is 2.66. The van der Waals surface area contributed by atoms with Gasteiger partial charge in [-0.15, -0.1) is 0 Å². The Morgan fingerprint density at radius 2 is 1.56 bits per heavy atom. The van der Waals surface area contributed by atoms with Crippen LogP contribution in [0.1, 0.15) is 22.3 Å². The maximum absolute atomic E-state index is 11.3. The number of primary amides is 1. The van der Waals surface area contributed by atoms with Crippen LogP contribution in [-0.2, 0) is 11.2 Å². The van der Waals surface area contributed by atoms with Crippen LogP contribution in [0.5, 0.6) is 5.75 Å². The van der Waals surface area contributed by atoms with Crippen molar-refractivity contribution in [2.75, 3.05) is 0 Å². The topological polar surface area (TPSA) is 101 Å². The van der Waals surface area contributed by atoms with Crippen LogP contribution in [0.3, 0.4) is 0 Å². The second-order valence-electron chi connectivity index (χ2n) is 6.27. The number of aryl methyl sites for hydroxylation is 1. The molecule has 0 aliphatic carbocycles. The van der Waals surface area contributed by atoms with Crippen LogP contribution >= 0.6 is 0 Å². The highest BCUT2D eigenvalue weighted by molar-refractivity contribution is 5.89. The Balaban J connectivity index is 2.07. The van der Waals surface area contributed by atoms with Gasteiger partial charge < -0.3 is 15.9 Å². The summed E-state index contributed by atoms with van der Waals surface area (Å²) < 4.78 is 0. The molecule has 0 fully saturated rings. The van der Waals surface area contributed by atoms with Gasteiger partial charge in [-0.1, -0.05) is 42.5 Å². The molecule has 0 aromatic heterocycles. The number of amides is 1. The molecule has 0 aliphatic rings. The number of carbonyl (C=O) groups is 2. The van der Waals surface area contributed by atoms with Gasteiger partial charge in [-0.2, -0.15) is 0 Å². The third-order valence-corrected chi connectivity index (χ3v) is 4.35. The molecule has 4 N–H and O–H groups in total. The van der Waals surface area contributed by atoms with Crippen LogP contribution in [0.4, 0.5) is 0 Å². The maximum Gasteiger partial charge on any atom is 0.335 e. The lowest BCUT2D eigenvalue weighted by atomic mass is 9.92. The molecule has 0 unspecified atom stereocenters. The van der Waals surface area contributed by atoms with E-state index in [0.717, 1.165) is 27.8 Å². The standard InChI is InChI=1S/C22H19NO4/c23-21(25)10-8-17-11-15(14-3-1-5-18(12-14)22(26)27)7-9-20(17)16-4-2-6-19(24)13-16/h1-7,9,11-13,24H,8,10H2,(H2,23,25)(H,26,27). The van der Waals surface area contributed by atoms with Crippen molar-refractivity contribution in [3.63, 3.8) is 0 Å². The summed E-state index contributed by atoms with van der Waals surface area (Å²) in [5.41, 5.74) is 9.77. The molecule has 0 saturated carbocycles. The quantitative estimate of drug-likeness (QED) is 0.621. The van der Waals surface area contributed by atoms with Crippen molar-refractivity contribution in [3.8, 4) is 28.0 Å². The fourth-order valence-corrected chi connectivity index (χ4v) is 3.02. The lowest BCUT2D eigenvalue weighted by molar-refractivity contribution is -0.117. The predicted octanol–water partition coefficient (Wildman–Crippen LogP) is 3.84. The van der Waals surface area contributed by atoms with Gasteiger partial charge in [0, 0.05) is 6.42 Å². The molecule has 0 aliphatic heterocycles. The van der Waals surface area contributed by atoms with Crippen LogP contribution in [0.2, 0.25) is 0 Å². The van der Waals surface area contributed by atoms with E-state index in [-0.39, 0.29) is 17.7 Å². The third kappa shape index (κ3) is 4.33. The molecule has 0 atom stereocenters. The largest absolute Gasteiger partial charge is 0.508 e. The first-order chi connectivity index (χ1) is 12.9. The summed E-state index contributed by atoms with van der Waals surface area (Å²) in [6.45, 7) is 0. The summed E-state index contributed by atoms with van der Waals surface area (Å²) in [5, 5.41) is 19.0. The van der Waals surface area contributed by atoms with Crippen molar-refractivity contribution in [2.24, 2.45) is 5.73 Å². The summed E-state index contributed by atoms with van der Waals surface area (Å²) in [7, 11) is 0. The number of phenolic OH excluding ortho intramolecular Hbond substituents is 1. The molecule has 1 amide bonds. The van der Waals surface area contributed by atoms with Crippen LogP contribution in [0.15, 0.2) is 66.7 Å². The maximum atomic E-state index is 11.3. The number of phenols is 1. The Kier molecular flexibility index (Phi) is 5.22. The number of hydrogen-bond donors (Lipinski definition) is 3. The average molecular weight is 361 g/mol. The van der Waals surface area contributed by atoms with E-state index in [1.807, 2.05) is 30.3 Å². The molecular formula is C22H19NO4. The molecule has 3 rings (SSSR count). The van der Waals surface area contributed by atoms with Gasteiger partial charge in [0.1, 0.15) is 5.75 Å². The molecule has 3 aromatic rings. The van der Waals surface area contributed by atoms with E-state index < -0.39 is 11.9 Å². The smallest absolute Gasteiger partial charge is 0.335 e. The number of benzene rings is 3. The summed E-state index contributed by atoms with van der Waals surface area (Å²) >= 11 is 0. The van der Waals surface area contributed by atoms with Crippen LogP contribution in [0, 0.1) is 0 Å². The number of aromatic hydroxyl groups is 1. The Morgan fingerprint density at radius 1 is 0.852 bits per heavy atom. The lowest BCUT2D eigenvalue weighted by Crippen LogP contribution is -2.11. The number of carboxylic acids is 1. The highest BCUT2D eigenvalue weighted by Crippen LogP contribution is 2.31.